The fourth-order valence-corrected chi connectivity index (χ4v) is 5.74. The quantitative estimate of drug-likeness (QED) is 0.873. The molecule has 3 rings (SSSR count). The predicted octanol–water partition coefficient (Wildman–Crippen LogP) is 1.90. The molecule has 0 amide bonds. The summed E-state index contributed by atoms with van der Waals surface area (Å²) in [4.78, 5) is 16.7. The molecule has 2 aromatic heterocycles. The van der Waals surface area contributed by atoms with E-state index < -0.39 is 21.9 Å². The van der Waals surface area contributed by atoms with Gasteiger partial charge in [-0.15, -0.1) is 11.3 Å². The second-order valence-corrected chi connectivity index (χ2v) is 8.87. The molecular formula is C14H17N3O5S2. The van der Waals surface area contributed by atoms with Crippen LogP contribution >= 0.6 is 11.3 Å². The van der Waals surface area contributed by atoms with Crippen LogP contribution in [0.1, 0.15) is 23.6 Å². The van der Waals surface area contributed by atoms with E-state index in [9.17, 15) is 13.2 Å². The molecule has 0 unspecified atom stereocenters. The average Bonchev–Trinajstić information content (AvgIpc) is 3.13. The Balaban J connectivity index is 1.92. The molecule has 0 spiro atoms. The zero-order valence-corrected chi connectivity index (χ0v) is 14.9. The Morgan fingerprint density at radius 2 is 2.21 bits per heavy atom. The van der Waals surface area contributed by atoms with E-state index in [0.717, 1.165) is 0 Å². The molecule has 130 valence electrons. The molecule has 0 saturated carbocycles. The maximum Gasteiger partial charge on any atom is 0.307 e. The van der Waals surface area contributed by atoms with Crippen LogP contribution in [-0.2, 0) is 14.8 Å². The zero-order valence-electron chi connectivity index (χ0n) is 13.2. The van der Waals surface area contributed by atoms with Crippen molar-refractivity contribution in [1.29, 1.82) is 0 Å². The van der Waals surface area contributed by atoms with Gasteiger partial charge in [-0.25, -0.2) is 8.42 Å². The lowest BCUT2D eigenvalue weighted by atomic mass is 10.0. The number of aromatic nitrogens is 2. The largest absolute Gasteiger partial charge is 0.481 e. The highest BCUT2D eigenvalue weighted by atomic mass is 32.2. The van der Waals surface area contributed by atoms with Gasteiger partial charge in [0.1, 0.15) is 0 Å². The molecular weight excluding hydrogens is 354 g/mol. The van der Waals surface area contributed by atoms with Crippen LogP contribution in [0.25, 0.3) is 10.7 Å². The molecule has 24 heavy (non-hydrogen) atoms. The monoisotopic (exact) mass is 371 g/mol. The van der Waals surface area contributed by atoms with Crippen molar-refractivity contribution in [3.63, 3.8) is 0 Å². The summed E-state index contributed by atoms with van der Waals surface area (Å²) < 4.78 is 32.0. The Hall–Kier alpha value is -1.78. The molecule has 1 saturated heterocycles. The van der Waals surface area contributed by atoms with E-state index in [-0.39, 0.29) is 11.4 Å². The first-order chi connectivity index (χ1) is 11.3. The van der Waals surface area contributed by atoms with Crippen LogP contribution in [0.3, 0.4) is 0 Å². The summed E-state index contributed by atoms with van der Waals surface area (Å²) in [7, 11) is -3.75. The van der Waals surface area contributed by atoms with Crippen molar-refractivity contribution in [2.45, 2.75) is 31.6 Å². The Bertz CT molecular complexity index is 871. The number of carboxylic acid groups (broad SMARTS) is 1. The van der Waals surface area contributed by atoms with Gasteiger partial charge in [-0.3, -0.25) is 4.79 Å². The van der Waals surface area contributed by atoms with Crippen molar-refractivity contribution >= 4 is 27.3 Å². The number of thiophene rings is 1. The number of aryl methyl sites for hydroxylation is 2. The van der Waals surface area contributed by atoms with E-state index >= 15 is 0 Å². The Kier molecular flexibility index (Phi) is 4.45. The van der Waals surface area contributed by atoms with Crippen molar-refractivity contribution in [3.05, 3.63) is 16.8 Å². The SMILES string of the molecule is Cc1nc(-c2cc(S(=O)(=O)N3CCC[C@@H](C(=O)O)C3)c(C)s2)no1. The average molecular weight is 371 g/mol. The molecule has 1 aliphatic rings. The first kappa shape index (κ1) is 17.1. The molecule has 10 heteroatoms. The smallest absolute Gasteiger partial charge is 0.307 e. The van der Waals surface area contributed by atoms with Gasteiger partial charge in [-0.05, 0) is 25.8 Å². The lowest BCUT2D eigenvalue weighted by molar-refractivity contribution is -0.142. The van der Waals surface area contributed by atoms with Gasteiger partial charge in [-0.2, -0.15) is 9.29 Å². The minimum absolute atomic E-state index is 0.00358. The van der Waals surface area contributed by atoms with Crippen LogP contribution in [0.2, 0.25) is 0 Å². The van der Waals surface area contributed by atoms with Crippen LogP contribution in [-0.4, -0.2) is 47.0 Å². The highest BCUT2D eigenvalue weighted by Crippen LogP contribution is 2.34. The maximum atomic E-state index is 12.9. The van der Waals surface area contributed by atoms with E-state index in [1.165, 1.54) is 21.7 Å². The van der Waals surface area contributed by atoms with Crippen molar-refractivity contribution in [1.82, 2.24) is 14.4 Å². The lowest BCUT2D eigenvalue weighted by Crippen LogP contribution is -2.42. The number of nitrogens with zero attached hydrogens (tertiary/aromatic N) is 3. The first-order valence-corrected chi connectivity index (χ1v) is 9.69. The molecule has 1 N–H and O–H groups in total. The number of rotatable bonds is 4. The third kappa shape index (κ3) is 3.08. The summed E-state index contributed by atoms with van der Waals surface area (Å²) >= 11 is 1.27. The predicted molar refractivity (Wildman–Crippen MR) is 86.2 cm³/mol. The van der Waals surface area contributed by atoms with Crippen LogP contribution < -0.4 is 0 Å². The van der Waals surface area contributed by atoms with E-state index in [1.807, 2.05) is 0 Å². The van der Waals surface area contributed by atoms with Crippen LogP contribution in [0.5, 0.6) is 0 Å². The highest BCUT2D eigenvalue weighted by molar-refractivity contribution is 7.89. The number of carbonyl (C=O) groups is 1. The van der Waals surface area contributed by atoms with Gasteiger partial charge < -0.3 is 9.63 Å². The minimum atomic E-state index is -3.75. The summed E-state index contributed by atoms with van der Waals surface area (Å²) in [6.07, 6.45) is 1.04. The Morgan fingerprint density at radius 1 is 1.46 bits per heavy atom. The molecule has 2 aromatic rings. The van der Waals surface area contributed by atoms with Gasteiger partial charge in [0.05, 0.1) is 15.7 Å². The van der Waals surface area contributed by atoms with Gasteiger partial charge in [0.25, 0.3) is 0 Å². The summed E-state index contributed by atoms with van der Waals surface area (Å²) in [5.74, 6) is -0.864. The third-order valence-electron chi connectivity index (χ3n) is 3.97. The number of hydrogen-bond acceptors (Lipinski definition) is 7. The van der Waals surface area contributed by atoms with Gasteiger partial charge in [-0.1, -0.05) is 5.16 Å². The van der Waals surface area contributed by atoms with Crippen LogP contribution in [0.15, 0.2) is 15.5 Å². The van der Waals surface area contributed by atoms with Crippen molar-refractivity contribution < 1.29 is 22.8 Å². The van der Waals surface area contributed by atoms with Crippen molar-refractivity contribution in [3.8, 4) is 10.7 Å². The molecule has 0 aliphatic carbocycles. The Morgan fingerprint density at radius 3 is 2.83 bits per heavy atom. The van der Waals surface area contributed by atoms with E-state index in [1.54, 1.807) is 13.8 Å². The Labute approximate surface area is 143 Å². The van der Waals surface area contributed by atoms with Gasteiger partial charge in [0.15, 0.2) is 0 Å². The number of aliphatic carboxylic acids is 1. The first-order valence-electron chi connectivity index (χ1n) is 7.43. The summed E-state index contributed by atoms with van der Waals surface area (Å²) in [6, 6.07) is 1.53. The lowest BCUT2D eigenvalue weighted by Gasteiger charge is -2.29. The van der Waals surface area contributed by atoms with E-state index in [2.05, 4.69) is 10.1 Å². The molecule has 8 nitrogen and oxygen atoms in total. The summed E-state index contributed by atoms with van der Waals surface area (Å²) in [5.41, 5.74) is 0. The number of hydrogen-bond donors (Lipinski definition) is 1. The standard InChI is InChI=1S/C14H17N3O5S2/c1-8-12(6-11(23-8)13-15-9(2)22-16-13)24(20,21)17-5-3-4-10(7-17)14(18)19/h6,10H,3-5,7H2,1-2H3,(H,18,19)/t10-/m1/s1. The molecule has 1 aliphatic heterocycles. The number of sulfonamides is 1. The highest BCUT2D eigenvalue weighted by Gasteiger charge is 2.35. The normalized spacial score (nSPS) is 19.5. The molecule has 0 radical (unpaired) electrons. The van der Waals surface area contributed by atoms with Crippen molar-refractivity contribution in [2.75, 3.05) is 13.1 Å². The van der Waals surface area contributed by atoms with Gasteiger partial charge in [0, 0.05) is 24.9 Å². The second kappa shape index (κ2) is 6.26. The van der Waals surface area contributed by atoms with Gasteiger partial charge >= 0.3 is 5.97 Å². The molecule has 0 bridgehead atoms. The third-order valence-corrected chi connectivity index (χ3v) is 7.14. The van der Waals surface area contributed by atoms with Crippen LogP contribution in [0.4, 0.5) is 0 Å². The van der Waals surface area contributed by atoms with E-state index in [0.29, 0.717) is 40.9 Å². The van der Waals surface area contributed by atoms with E-state index in [4.69, 9.17) is 9.63 Å². The maximum absolute atomic E-state index is 12.9. The van der Waals surface area contributed by atoms with Crippen LogP contribution in [0, 0.1) is 19.8 Å². The van der Waals surface area contributed by atoms with Crippen molar-refractivity contribution in [2.24, 2.45) is 5.92 Å². The summed E-state index contributed by atoms with van der Waals surface area (Å²) in [6.45, 7) is 3.71. The zero-order chi connectivity index (χ0) is 17.5. The molecule has 3 heterocycles. The molecule has 1 fully saturated rings. The number of piperidine rings is 1. The topological polar surface area (TPSA) is 114 Å². The fraction of sp³-hybridized carbons (Fsp3) is 0.500. The fourth-order valence-electron chi connectivity index (χ4n) is 2.73. The number of carboxylic acids is 1. The molecule has 1 atom stereocenters. The summed E-state index contributed by atoms with van der Waals surface area (Å²) in [5, 5.41) is 13.0. The molecule has 0 aromatic carbocycles. The second-order valence-electron chi connectivity index (χ2n) is 5.71. The minimum Gasteiger partial charge on any atom is -0.481 e. The van der Waals surface area contributed by atoms with Gasteiger partial charge in [0.2, 0.25) is 21.7 Å².